The van der Waals surface area contributed by atoms with Crippen molar-refractivity contribution in [2.75, 3.05) is 44.8 Å². The first-order chi connectivity index (χ1) is 13.2. The van der Waals surface area contributed by atoms with Crippen LogP contribution >= 0.6 is 0 Å². The molecule has 2 aromatic rings. The van der Waals surface area contributed by atoms with Crippen LogP contribution in [0.4, 0.5) is 10.1 Å². The molecule has 6 nitrogen and oxygen atoms in total. The maximum Gasteiger partial charge on any atom is 0.238 e. The number of nitrogens with one attached hydrogen (secondary N) is 1. The lowest BCUT2D eigenvalue weighted by atomic mass is 10.1. The van der Waals surface area contributed by atoms with Crippen LogP contribution in [0.5, 0.6) is 11.5 Å². The molecule has 0 aromatic heterocycles. The average molecular weight is 371 g/mol. The maximum absolute atomic E-state index is 13.6. The fourth-order valence-electron chi connectivity index (χ4n) is 3.36. The van der Waals surface area contributed by atoms with E-state index < -0.39 is 5.82 Å². The predicted octanol–water partition coefficient (Wildman–Crippen LogP) is 2.31. The normalized spacial score (nSPS) is 17.1. The van der Waals surface area contributed by atoms with Gasteiger partial charge in [0.2, 0.25) is 12.7 Å². The molecule has 4 rings (SSSR count). The van der Waals surface area contributed by atoms with Crippen LogP contribution < -0.4 is 14.8 Å². The number of nitrogens with zero attached hydrogens (tertiary/aromatic N) is 2. The molecule has 1 N–H and O–H groups in total. The van der Waals surface area contributed by atoms with E-state index in [1.165, 1.54) is 11.6 Å². The van der Waals surface area contributed by atoms with Gasteiger partial charge in [-0.2, -0.15) is 0 Å². The molecule has 1 saturated heterocycles. The molecule has 0 saturated carbocycles. The van der Waals surface area contributed by atoms with Gasteiger partial charge in [0.05, 0.1) is 12.2 Å². The van der Waals surface area contributed by atoms with E-state index in [1.54, 1.807) is 18.2 Å². The third-order valence-electron chi connectivity index (χ3n) is 4.82. The summed E-state index contributed by atoms with van der Waals surface area (Å²) in [6.45, 7) is 4.75. The van der Waals surface area contributed by atoms with Gasteiger partial charge in [-0.05, 0) is 29.8 Å². The Bertz CT molecular complexity index is 822. The van der Waals surface area contributed by atoms with E-state index in [4.69, 9.17) is 9.47 Å². The molecule has 0 spiro atoms. The standard InChI is InChI=1S/C20H22FN3O3/c21-16-3-1-2-4-17(16)22-20(25)13-24-9-7-23(8-10-24)12-15-5-6-18-19(11-15)27-14-26-18/h1-6,11H,7-10,12-14H2,(H,22,25). The fraction of sp³-hybridized carbons (Fsp3) is 0.350. The summed E-state index contributed by atoms with van der Waals surface area (Å²) in [5.41, 5.74) is 1.41. The van der Waals surface area contributed by atoms with Gasteiger partial charge < -0.3 is 14.8 Å². The summed E-state index contributed by atoms with van der Waals surface area (Å²) >= 11 is 0. The van der Waals surface area contributed by atoms with E-state index in [-0.39, 0.29) is 24.9 Å². The lowest BCUT2D eigenvalue weighted by molar-refractivity contribution is -0.117. The molecule has 27 heavy (non-hydrogen) atoms. The Kier molecular flexibility index (Phi) is 5.22. The second kappa shape index (κ2) is 7.94. The molecule has 0 unspecified atom stereocenters. The summed E-state index contributed by atoms with van der Waals surface area (Å²) < 4.78 is 24.4. The van der Waals surface area contributed by atoms with Crippen molar-refractivity contribution in [1.29, 1.82) is 0 Å². The molecule has 0 aliphatic carbocycles. The monoisotopic (exact) mass is 371 g/mol. The summed E-state index contributed by atoms with van der Waals surface area (Å²) in [6.07, 6.45) is 0. The Morgan fingerprint density at radius 2 is 1.74 bits per heavy atom. The molecule has 142 valence electrons. The summed E-state index contributed by atoms with van der Waals surface area (Å²) in [5, 5.41) is 2.64. The molecule has 1 fully saturated rings. The molecular formula is C20H22FN3O3. The van der Waals surface area contributed by atoms with Crippen molar-refractivity contribution >= 4 is 11.6 Å². The number of ether oxygens (including phenoxy) is 2. The van der Waals surface area contributed by atoms with Crippen LogP contribution in [0.2, 0.25) is 0 Å². The van der Waals surface area contributed by atoms with E-state index in [0.29, 0.717) is 0 Å². The van der Waals surface area contributed by atoms with Gasteiger partial charge in [0.25, 0.3) is 0 Å². The molecule has 7 heteroatoms. The predicted molar refractivity (Wildman–Crippen MR) is 99.3 cm³/mol. The molecule has 2 aliphatic heterocycles. The smallest absolute Gasteiger partial charge is 0.238 e. The number of para-hydroxylation sites is 1. The summed E-state index contributed by atoms with van der Waals surface area (Å²) in [5.74, 6) is 0.990. The van der Waals surface area contributed by atoms with E-state index in [0.717, 1.165) is 44.2 Å². The topological polar surface area (TPSA) is 54.0 Å². The lowest BCUT2D eigenvalue weighted by Crippen LogP contribution is -2.48. The number of piperazine rings is 1. The third-order valence-corrected chi connectivity index (χ3v) is 4.82. The highest BCUT2D eigenvalue weighted by Gasteiger charge is 2.20. The Balaban J connectivity index is 1.24. The van der Waals surface area contributed by atoms with Crippen LogP contribution in [0.25, 0.3) is 0 Å². The van der Waals surface area contributed by atoms with Gasteiger partial charge >= 0.3 is 0 Å². The van der Waals surface area contributed by atoms with Crippen molar-refractivity contribution in [1.82, 2.24) is 9.80 Å². The van der Waals surface area contributed by atoms with Gasteiger partial charge in [-0.25, -0.2) is 4.39 Å². The number of rotatable bonds is 5. The molecule has 0 atom stereocenters. The number of halogens is 1. The Morgan fingerprint density at radius 1 is 1.00 bits per heavy atom. The number of carbonyl (C=O) groups excluding carboxylic acids is 1. The number of fused-ring (bicyclic) bond motifs is 1. The van der Waals surface area contributed by atoms with E-state index in [2.05, 4.69) is 21.2 Å². The molecular weight excluding hydrogens is 349 g/mol. The van der Waals surface area contributed by atoms with Crippen molar-refractivity contribution in [3.05, 3.63) is 53.8 Å². The highest BCUT2D eigenvalue weighted by atomic mass is 19.1. The molecule has 2 heterocycles. The first-order valence-corrected chi connectivity index (χ1v) is 9.05. The minimum absolute atomic E-state index is 0.190. The SMILES string of the molecule is O=C(CN1CCN(Cc2ccc3c(c2)OCO3)CC1)Nc1ccccc1F. The number of benzene rings is 2. The molecule has 0 radical (unpaired) electrons. The molecule has 0 bridgehead atoms. The van der Waals surface area contributed by atoms with Crippen molar-refractivity contribution in [3.63, 3.8) is 0 Å². The highest BCUT2D eigenvalue weighted by Crippen LogP contribution is 2.32. The zero-order chi connectivity index (χ0) is 18.6. The number of hydrogen-bond donors (Lipinski definition) is 1. The number of hydrogen-bond acceptors (Lipinski definition) is 5. The summed E-state index contributed by atoms with van der Waals surface area (Å²) in [6, 6.07) is 12.2. The number of carbonyl (C=O) groups is 1. The largest absolute Gasteiger partial charge is 0.454 e. The quantitative estimate of drug-likeness (QED) is 0.874. The lowest BCUT2D eigenvalue weighted by Gasteiger charge is -2.34. The average Bonchev–Trinajstić information content (AvgIpc) is 3.13. The first-order valence-electron chi connectivity index (χ1n) is 9.05. The van der Waals surface area contributed by atoms with E-state index in [1.807, 2.05) is 12.1 Å². The van der Waals surface area contributed by atoms with Crippen LogP contribution in [-0.2, 0) is 11.3 Å². The minimum atomic E-state index is -0.417. The molecule has 2 aromatic carbocycles. The first kappa shape index (κ1) is 17.8. The zero-order valence-corrected chi connectivity index (χ0v) is 15.0. The van der Waals surface area contributed by atoms with Crippen LogP contribution in [0, 0.1) is 5.82 Å². The summed E-state index contributed by atoms with van der Waals surface area (Å²) in [4.78, 5) is 16.6. The van der Waals surface area contributed by atoms with Gasteiger partial charge in [0.1, 0.15) is 5.82 Å². The van der Waals surface area contributed by atoms with Gasteiger partial charge in [0, 0.05) is 32.7 Å². The van der Waals surface area contributed by atoms with Gasteiger partial charge in [-0.1, -0.05) is 18.2 Å². The van der Waals surface area contributed by atoms with E-state index in [9.17, 15) is 9.18 Å². The van der Waals surface area contributed by atoms with Gasteiger partial charge in [0.15, 0.2) is 11.5 Å². The molecule has 2 aliphatic rings. The summed E-state index contributed by atoms with van der Waals surface area (Å²) in [7, 11) is 0. The maximum atomic E-state index is 13.6. The van der Waals surface area contributed by atoms with E-state index >= 15 is 0 Å². The van der Waals surface area contributed by atoms with Gasteiger partial charge in [-0.3, -0.25) is 14.6 Å². The zero-order valence-electron chi connectivity index (χ0n) is 15.0. The van der Waals surface area contributed by atoms with Crippen molar-refractivity contribution < 1.29 is 18.7 Å². The van der Waals surface area contributed by atoms with Crippen molar-refractivity contribution in [2.24, 2.45) is 0 Å². The van der Waals surface area contributed by atoms with Crippen LogP contribution in [0.1, 0.15) is 5.56 Å². The van der Waals surface area contributed by atoms with Crippen molar-refractivity contribution in [3.8, 4) is 11.5 Å². The highest BCUT2D eigenvalue weighted by molar-refractivity contribution is 5.92. The van der Waals surface area contributed by atoms with Crippen LogP contribution in [0.3, 0.4) is 0 Å². The van der Waals surface area contributed by atoms with Crippen molar-refractivity contribution in [2.45, 2.75) is 6.54 Å². The van der Waals surface area contributed by atoms with Gasteiger partial charge in [-0.15, -0.1) is 0 Å². The number of anilines is 1. The second-order valence-corrected chi connectivity index (χ2v) is 6.77. The Morgan fingerprint density at radius 3 is 2.56 bits per heavy atom. The third kappa shape index (κ3) is 4.37. The second-order valence-electron chi connectivity index (χ2n) is 6.77. The Labute approximate surface area is 157 Å². The minimum Gasteiger partial charge on any atom is -0.454 e. The van der Waals surface area contributed by atoms with Crippen LogP contribution in [-0.4, -0.2) is 55.2 Å². The number of amides is 1. The molecule has 1 amide bonds. The fourth-order valence-corrected chi connectivity index (χ4v) is 3.36. The Hall–Kier alpha value is -2.64. The van der Waals surface area contributed by atoms with Crippen LogP contribution in [0.15, 0.2) is 42.5 Å².